The van der Waals surface area contributed by atoms with Crippen LogP contribution in [0.15, 0.2) is 48.0 Å². The van der Waals surface area contributed by atoms with Crippen LogP contribution in [0, 0.1) is 0 Å². The van der Waals surface area contributed by atoms with Crippen LogP contribution in [0.4, 0.5) is 0 Å². The summed E-state index contributed by atoms with van der Waals surface area (Å²) in [5, 5.41) is 0. The fraction of sp³-hybridized carbons (Fsp3) is 0.704. The van der Waals surface area contributed by atoms with Gasteiger partial charge in [-0.3, -0.25) is 0 Å². The van der Waals surface area contributed by atoms with E-state index in [0.717, 1.165) is 43.5 Å². The van der Waals surface area contributed by atoms with Crippen LogP contribution in [0.25, 0.3) is 16.9 Å². The second kappa shape index (κ2) is 30.6. The Kier molecular flexibility index (Phi) is 26.2. The fourth-order valence-corrected chi connectivity index (χ4v) is 8.82. The van der Waals surface area contributed by atoms with Crippen molar-refractivity contribution in [2.24, 2.45) is 0 Å². The summed E-state index contributed by atoms with van der Waals surface area (Å²) in [6, 6.07) is 14.7. The van der Waals surface area contributed by atoms with E-state index in [-0.39, 0.29) is 0 Å². The van der Waals surface area contributed by atoms with Crippen LogP contribution in [-0.4, -0.2) is 4.70 Å². The van der Waals surface area contributed by atoms with Gasteiger partial charge in [0, 0.05) is 22.8 Å². The molecule has 0 unspecified atom stereocenters. The lowest BCUT2D eigenvalue weighted by Crippen LogP contribution is -2.05. The standard InChI is InChI=1S/C54H88N2/c1-6-11-16-19-22-24-26-31-36-48-40-49(37-32-27-25-23-20-17-12-7-2)44-52(43-48)54-50(38-33-28-21-18-13-8-3)45-53(56(54)55)51-41-46(34-29-14-9-4)39-47(42-51)35-30-15-10-5/h39-45H,6-38H2,1-5H3. The molecular formula is C54H88N2. The van der Waals surface area contributed by atoms with Crippen molar-refractivity contribution in [3.8, 4) is 0 Å². The Hall–Kier alpha value is -2.48. The zero-order valence-electron chi connectivity index (χ0n) is 37.8. The van der Waals surface area contributed by atoms with E-state index in [2.05, 4.69) is 77.1 Å². The Morgan fingerprint density at radius 3 is 1.00 bits per heavy atom. The zero-order valence-corrected chi connectivity index (χ0v) is 37.8. The van der Waals surface area contributed by atoms with E-state index in [1.54, 1.807) is 4.70 Å². The Morgan fingerprint density at radius 2 is 0.625 bits per heavy atom. The number of allylic oxidation sites excluding steroid dienone is 2. The van der Waals surface area contributed by atoms with Crippen LogP contribution in [0.5, 0.6) is 0 Å². The Labute approximate surface area is 348 Å². The van der Waals surface area contributed by atoms with Gasteiger partial charge in [-0.1, -0.05) is 194 Å². The van der Waals surface area contributed by atoms with E-state index in [9.17, 15) is 5.53 Å². The molecule has 0 amide bonds. The summed E-state index contributed by atoms with van der Waals surface area (Å²) in [4.78, 5) is 0. The molecule has 314 valence electrons. The molecule has 0 aromatic heterocycles. The van der Waals surface area contributed by atoms with Gasteiger partial charge in [0.05, 0.1) is 0 Å². The molecule has 1 heterocycles. The molecule has 0 atom stereocenters. The number of nitrogens with zero attached hydrogens (tertiary/aromatic N) is 2. The minimum atomic E-state index is 0.980. The summed E-state index contributed by atoms with van der Waals surface area (Å²) >= 11 is 0. The molecule has 2 heteroatoms. The number of unbranched alkanes of at least 4 members (excludes halogenated alkanes) is 23. The quantitative estimate of drug-likeness (QED) is 0.0493. The van der Waals surface area contributed by atoms with Crippen LogP contribution < -0.4 is 0 Å². The highest BCUT2D eigenvalue weighted by Crippen LogP contribution is 2.39. The van der Waals surface area contributed by atoms with Crippen molar-refractivity contribution in [2.75, 3.05) is 0 Å². The maximum atomic E-state index is 12.4. The maximum absolute atomic E-state index is 12.4. The summed E-state index contributed by atoms with van der Waals surface area (Å²) < 4.78 is 1.61. The van der Waals surface area contributed by atoms with E-state index in [1.807, 2.05) is 0 Å². The maximum Gasteiger partial charge on any atom is 0.210 e. The lowest BCUT2D eigenvalue weighted by Gasteiger charge is -2.15. The van der Waals surface area contributed by atoms with Crippen LogP contribution >= 0.6 is 0 Å². The first-order valence-electron chi connectivity index (χ1n) is 24.7. The van der Waals surface area contributed by atoms with Gasteiger partial charge in [-0.25, -0.2) is 4.70 Å². The summed E-state index contributed by atoms with van der Waals surface area (Å²) in [6.07, 6.45) is 44.8. The largest absolute Gasteiger partial charge is 0.493 e. The molecule has 56 heavy (non-hydrogen) atoms. The van der Waals surface area contributed by atoms with Crippen molar-refractivity contribution >= 4 is 11.4 Å². The third-order valence-corrected chi connectivity index (χ3v) is 12.3. The number of benzene rings is 2. The molecule has 0 saturated carbocycles. The number of hydrogen-bond donors (Lipinski definition) is 0. The van der Waals surface area contributed by atoms with Gasteiger partial charge in [-0.15, -0.1) is 0 Å². The van der Waals surface area contributed by atoms with Crippen LogP contribution in [0.1, 0.15) is 254 Å². The molecule has 2 nitrogen and oxygen atoms in total. The Bertz CT molecular complexity index is 1340. The van der Waals surface area contributed by atoms with E-state index in [4.69, 9.17) is 0 Å². The molecule has 0 saturated heterocycles. The molecule has 0 radical (unpaired) electrons. The van der Waals surface area contributed by atoms with E-state index < -0.39 is 0 Å². The average molecular weight is 765 g/mol. The fourth-order valence-electron chi connectivity index (χ4n) is 8.82. The van der Waals surface area contributed by atoms with E-state index in [0.29, 0.717) is 0 Å². The van der Waals surface area contributed by atoms with Crippen molar-refractivity contribution in [3.05, 3.63) is 87.0 Å². The van der Waals surface area contributed by atoms with E-state index >= 15 is 0 Å². The second-order valence-electron chi connectivity index (χ2n) is 17.7. The first-order valence-corrected chi connectivity index (χ1v) is 24.7. The predicted molar refractivity (Wildman–Crippen MR) is 248 cm³/mol. The van der Waals surface area contributed by atoms with Gasteiger partial charge in [0.1, 0.15) is 0 Å². The third kappa shape index (κ3) is 18.9. The molecule has 0 aliphatic carbocycles. The van der Waals surface area contributed by atoms with Crippen molar-refractivity contribution < 1.29 is 4.70 Å². The highest BCUT2D eigenvalue weighted by Gasteiger charge is 2.30. The molecule has 0 spiro atoms. The molecule has 1 aliphatic rings. The highest BCUT2D eigenvalue weighted by molar-refractivity contribution is 5.79. The number of rotatable bonds is 35. The van der Waals surface area contributed by atoms with Crippen LogP contribution in [0.2, 0.25) is 0 Å². The average Bonchev–Trinajstić information content (AvgIpc) is 3.53. The number of hydrogen-bond acceptors (Lipinski definition) is 0. The van der Waals surface area contributed by atoms with Crippen LogP contribution in [-0.2, 0) is 25.7 Å². The van der Waals surface area contributed by atoms with Gasteiger partial charge in [0.15, 0.2) is 0 Å². The molecule has 0 bridgehead atoms. The van der Waals surface area contributed by atoms with Gasteiger partial charge in [0.2, 0.25) is 11.4 Å². The molecule has 3 rings (SSSR count). The van der Waals surface area contributed by atoms with Crippen molar-refractivity contribution in [1.29, 1.82) is 0 Å². The van der Waals surface area contributed by atoms with Gasteiger partial charge in [-0.2, -0.15) is 0 Å². The molecular weight excluding hydrogens is 677 g/mol. The summed E-state index contributed by atoms with van der Waals surface area (Å²) in [5.74, 6) is 0. The van der Waals surface area contributed by atoms with Gasteiger partial charge in [0.25, 0.3) is 0 Å². The topological polar surface area (TPSA) is 25.3 Å². The highest BCUT2D eigenvalue weighted by atomic mass is 15.2. The van der Waals surface area contributed by atoms with Gasteiger partial charge >= 0.3 is 0 Å². The molecule has 2 aromatic rings. The predicted octanol–water partition coefficient (Wildman–Crippen LogP) is 18.1. The molecule has 1 aliphatic heterocycles. The summed E-state index contributed by atoms with van der Waals surface area (Å²) in [6.45, 7) is 11.5. The van der Waals surface area contributed by atoms with Gasteiger partial charge < -0.3 is 5.53 Å². The van der Waals surface area contributed by atoms with E-state index in [1.165, 1.54) is 219 Å². The first kappa shape index (κ1) is 47.9. The lowest BCUT2D eigenvalue weighted by atomic mass is 9.94. The minimum Gasteiger partial charge on any atom is -0.493 e. The van der Waals surface area contributed by atoms with Crippen molar-refractivity contribution in [2.45, 2.75) is 247 Å². The SMILES string of the molecule is CCCCCCCCCCc1cc(CCCCCCCCCC)cc(C2=C(CCCCCCCC)C=C(c3cc(CCCCC)cc(CCCCC)c3)[N+]2=[N-])c1. The second-order valence-corrected chi connectivity index (χ2v) is 17.7. The Balaban J connectivity index is 1.91. The lowest BCUT2D eigenvalue weighted by molar-refractivity contribution is -0.344. The van der Waals surface area contributed by atoms with Crippen LogP contribution in [0.3, 0.4) is 0 Å². The summed E-state index contributed by atoms with van der Waals surface area (Å²) in [7, 11) is 0. The van der Waals surface area contributed by atoms with Crippen molar-refractivity contribution in [1.82, 2.24) is 0 Å². The first-order chi connectivity index (χ1) is 27.5. The number of aryl methyl sites for hydroxylation is 4. The minimum absolute atomic E-state index is 0.980. The normalized spacial score (nSPS) is 13.0. The Morgan fingerprint density at radius 1 is 0.339 bits per heavy atom. The van der Waals surface area contributed by atoms with Gasteiger partial charge in [-0.05, 0) is 111 Å². The molecule has 2 aromatic carbocycles. The summed E-state index contributed by atoms with van der Waals surface area (Å²) in [5.41, 5.74) is 23.9. The zero-order chi connectivity index (χ0) is 40.1. The molecule has 0 N–H and O–H groups in total. The third-order valence-electron chi connectivity index (χ3n) is 12.3. The smallest absolute Gasteiger partial charge is 0.210 e. The monoisotopic (exact) mass is 765 g/mol. The molecule has 0 fully saturated rings. The van der Waals surface area contributed by atoms with Crippen molar-refractivity contribution in [3.63, 3.8) is 0 Å².